The topological polar surface area (TPSA) is 81.8 Å². The van der Waals surface area contributed by atoms with E-state index in [2.05, 4.69) is 29.5 Å². The Morgan fingerprint density at radius 1 is 1.00 bits per heavy atom. The van der Waals surface area contributed by atoms with Crippen molar-refractivity contribution in [2.75, 3.05) is 6.54 Å². The summed E-state index contributed by atoms with van der Waals surface area (Å²) in [6.07, 6.45) is 10.1. The second kappa shape index (κ2) is 7.65. The lowest BCUT2D eigenvalue weighted by molar-refractivity contribution is -0.140. The molecule has 1 aliphatic heterocycles. The van der Waals surface area contributed by atoms with Crippen LogP contribution in [0.4, 0.5) is 4.79 Å². The summed E-state index contributed by atoms with van der Waals surface area (Å²) in [6, 6.07) is 0.444. The Kier molecular flexibility index (Phi) is 5.38. The van der Waals surface area contributed by atoms with Crippen LogP contribution in [0.25, 0.3) is 0 Å². The van der Waals surface area contributed by atoms with Gasteiger partial charge in [0, 0.05) is 12.1 Å². The van der Waals surface area contributed by atoms with Crippen LogP contribution in [0.5, 0.6) is 0 Å². The molecule has 0 aromatic heterocycles. The van der Waals surface area contributed by atoms with E-state index in [4.69, 9.17) is 0 Å². The van der Waals surface area contributed by atoms with Crippen LogP contribution < -0.4 is 10.7 Å². The molecule has 4 rings (SSSR count). The highest BCUT2D eigenvalue weighted by molar-refractivity contribution is 6.08. The van der Waals surface area contributed by atoms with Gasteiger partial charge in [0.2, 0.25) is 0 Å². The van der Waals surface area contributed by atoms with E-state index in [1.54, 1.807) is 0 Å². The number of amides is 4. The number of carbonyl (C=O) groups excluding carboxylic acids is 3. The van der Waals surface area contributed by atoms with E-state index in [1.807, 2.05) is 0 Å². The molecule has 3 aliphatic carbocycles. The summed E-state index contributed by atoms with van der Waals surface area (Å²) in [7, 11) is 0. The molecule has 3 saturated carbocycles. The monoisotopic (exact) mass is 390 g/mol. The number of imide groups is 1. The quantitative estimate of drug-likeness (QED) is 0.707. The van der Waals surface area contributed by atoms with Crippen molar-refractivity contribution in [1.82, 2.24) is 20.7 Å². The smallest absolute Gasteiger partial charge is 0.322 e. The van der Waals surface area contributed by atoms with Gasteiger partial charge in [-0.2, -0.15) is 5.01 Å². The van der Waals surface area contributed by atoms with Gasteiger partial charge < -0.3 is 5.32 Å². The van der Waals surface area contributed by atoms with Crippen LogP contribution in [-0.2, 0) is 9.59 Å². The summed E-state index contributed by atoms with van der Waals surface area (Å²) in [6.45, 7) is 4.74. The lowest BCUT2D eigenvalue weighted by atomic mass is 9.77. The minimum atomic E-state index is -0.813. The molecule has 4 fully saturated rings. The highest BCUT2D eigenvalue weighted by Crippen LogP contribution is 2.36. The molecule has 0 aromatic rings. The van der Waals surface area contributed by atoms with Gasteiger partial charge in [0.05, 0.1) is 6.54 Å². The SMILES string of the molecule is CC1CCC(N(CC(=O)NN2C(=O)NC3(CCC(C)CC3)C2=O)C2CC2)CC1. The highest BCUT2D eigenvalue weighted by Gasteiger charge is 2.53. The van der Waals surface area contributed by atoms with Gasteiger partial charge in [-0.3, -0.25) is 19.9 Å². The Bertz CT molecular complexity index is 632. The first kappa shape index (κ1) is 19.7. The zero-order valence-electron chi connectivity index (χ0n) is 17.2. The number of hydrazine groups is 1. The van der Waals surface area contributed by atoms with Crippen LogP contribution in [0, 0.1) is 11.8 Å². The fourth-order valence-electron chi connectivity index (χ4n) is 5.18. The molecule has 4 amide bonds. The van der Waals surface area contributed by atoms with Crippen molar-refractivity contribution in [2.45, 2.75) is 95.7 Å². The fourth-order valence-corrected chi connectivity index (χ4v) is 5.18. The fraction of sp³-hybridized carbons (Fsp3) is 0.857. The van der Waals surface area contributed by atoms with Crippen LogP contribution in [0.1, 0.15) is 78.1 Å². The predicted octanol–water partition coefficient (Wildman–Crippen LogP) is 2.56. The van der Waals surface area contributed by atoms with E-state index in [1.165, 1.54) is 12.8 Å². The first-order valence-corrected chi connectivity index (χ1v) is 11.1. The number of urea groups is 1. The van der Waals surface area contributed by atoms with Crippen LogP contribution in [0.2, 0.25) is 0 Å². The molecule has 0 bridgehead atoms. The largest absolute Gasteiger partial charge is 0.344 e. The van der Waals surface area contributed by atoms with Crippen LogP contribution in [-0.4, -0.2) is 51.9 Å². The van der Waals surface area contributed by atoms with E-state index in [-0.39, 0.29) is 18.4 Å². The summed E-state index contributed by atoms with van der Waals surface area (Å²) in [5, 5.41) is 3.80. The Balaban J connectivity index is 1.36. The molecule has 0 atom stereocenters. The molecule has 28 heavy (non-hydrogen) atoms. The summed E-state index contributed by atoms with van der Waals surface area (Å²) in [4.78, 5) is 40.4. The van der Waals surface area contributed by atoms with Crippen molar-refractivity contribution in [3.63, 3.8) is 0 Å². The molecule has 7 nitrogen and oxygen atoms in total. The third-order valence-electron chi connectivity index (χ3n) is 7.32. The lowest BCUT2D eigenvalue weighted by Crippen LogP contribution is -2.54. The summed E-state index contributed by atoms with van der Waals surface area (Å²) in [5.41, 5.74) is 1.80. The molecule has 0 aromatic carbocycles. The van der Waals surface area contributed by atoms with Gasteiger partial charge in [-0.25, -0.2) is 4.79 Å². The maximum Gasteiger partial charge on any atom is 0.344 e. The molecular formula is C21H34N4O3. The predicted molar refractivity (Wildman–Crippen MR) is 105 cm³/mol. The van der Waals surface area contributed by atoms with E-state index in [0.717, 1.165) is 49.5 Å². The molecular weight excluding hydrogens is 356 g/mol. The van der Waals surface area contributed by atoms with Crippen molar-refractivity contribution in [1.29, 1.82) is 0 Å². The van der Waals surface area contributed by atoms with Gasteiger partial charge in [-0.05, 0) is 76.0 Å². The van der Waals surface area contributed by atoms with Crippen molar-refractivity contribution in [3.8, 4) is 0 Å². The third-order valence-corrected chi connectivity index (χ3v) is 7.32. The third kappa shape index (κ3) is 3.91. The maximum atomic E-state index is 12.9. The van der Waals surface area contributed by atoms with Gasteiger partial charge in [-0.1, -0.05) is 13.8 Å². The molecule has 156 valence electrons. The zero-order valence-corrected chi connectivity index (χ0v) is 17.2. The average Bonchev–Trinajstić information content (AvgIpc) is 3.48. The Morgan fingerprint density at radius 2 is 1.54 bits per heavy atom. The van der Waals surface area contributed by atoms with Crippen molar-refractivity contribution < 1.29 is 14.4 Å². The second-order valence-corrected chi connectivity index (χ2v) is 9.69. The number of carbonyl (C=O) groups is 3. The summed E-state index contributed by atoms with van der Waals surface area (Å²) >= 11 is 0. The Hall–Kier alpha value is -1.63. The molecule has 0 unspecified atom stereocenters. The lowest BCUT2D eigenvalue weighted by Gasteiger charge is -2.36. The maximum absolute atomic E-state index is 12.9. The molecule has 1 spiro atoms. The number of rotatable bonds is 5. The zero-order chi connectivity index (χ0) is 19.9. The van der Waals surface area contributed by atoms with Gasteiger partial charge in [0.25, 0.3) is 11.8 Å². The summed E-state index contributed by atoms with van der Waals surface area (Å²) < 4.78 is 0. The number of nitrogens with one attached hydrogen (secondary N) is 2. The van der Waals surface area contributed by atoms with E-state index < -0.39 is 11.6 Å². The van der Waals surface area contributed by atoms with Gasteiger partial charge >= 0.3 is 6.03 Å². The van der Waals surface area contributed by atoms with Gasteiger partial charge in [-0.15, -0.1) is 0 Å². The number of hydrogen-bond donors (Lipinski definition) is 2. The average molecular weight is 391 g/mol. The standard InChI is InChI=1S/C21H34N4O3/c1-14-3-5-16(6-4-14)24(17-7-8-17)13-18(26)23-25-19(27)21(22-20(25)28)11-9-15(2)10-12-21/h14-17H,3-13H2,1-2H3,(H,22,28)(H,23,26). The minimum Gasteiger partial charge on any atom is -0.322 e. The second-order valence-electron chi connectivity index (χ2n) is 9.69. The molecule has 2 N–H and O–H groups in total. The van der Waals surface area contributed by atoms with E-state index in [9.17, 15) is 14.4 Å². The molecule has 1 heterocycles. The van der Waals surface area contributed by atoms with Crippen LogP contribution >= 0.6 is 0 Å². The van der Waals surface area contributed by atoms with E-state index in [0.29, 0.717) is 30.8 Å². The van der Waals surface area contributed by atoms with Crippen LogP contribution in [0.15, 0.2) is 0 Å². The molecule has 1 saturated heterocycles. The van der Waals surface area contributed by atoms with Gasteiger partial charge in [0.15, 0.2) is 0 Å². The molecule has 4 aliphatic rings. The molecule has 7 heteroatoms. The number of hydrogen-bond acceptors (Lipinski definition) is 4. The van der Waals surface area contributed by atoms with Crippen molar-refractivity contribution in [2.24, 2.45) is 11.8 Å². The summed E-state index contributed by atoms with van der Waals surface area (Å²) in [5.74, 6) is 0.799. The molecule has 0 radical (unpaired) electrons. The number of nitrogens with zero attached hydrogens (tertiary/aromatic N) is 2. The van der Waals surface area contributed by atoms with Gasteiger partial charge in [0.1, 0.15) is 5.54 Å². The Morgan fingerprint density at radius 3 is 2.11 bits per heavy atom. The van der Waals surface area contributed by atoms with Crippen molar-refractivity contribution >= 4 is 17.8 Å². The normalized spacial score (nSPS) is 36.1. The van der Waals surface area contributed by atoms with Crippen LogP contribution in [0.3, 0.4) is 0 Å². The highest BCUT2D eigenvalue weighted by atomic mass is 16.2. The van der Waals surface area contributed by atoms with E-state index >= 15 is 0 Å². The Labute approximate surface area is 167 Å². The first-order valence-electron chi connectivity index (χ1n) is 11.1. The first-order chi connectivity index (χ1) is 13.4. The van der Waals surface area contributed by atoms with Crippen molar-refractivity contribution in [3.05, 3.63) is 0 Å². The minimum absolute atomic E-state index is 0.254.